The molecule has 1 atom stereocenters. The summed E-state index contributed by atoms with van der Waals surface area (Å²) in [6.45, 7) is 0.272. The molecule has 0 spiro atoms. The molecule has 1 aliphatic heterocycles. The molecular weight excluding hydrogens is 348 g/mol. The molecule has 2 aromatic rings. The number of ether oxygens (including phenoxy) is 1. The molecule has 1 fully saturated rings. The van der Waals surface area contributed by atoms with Gasteiger partial charge in [0, 0.05) is 38.6 Å². The van der Waals surface area contributed by atoms with Crippen LogP contribution in [0.4, 0.5) is 0 Å². The van der Waals surface area contributed by atoms with Gasteiger partial charge in [0.2, 0.25) is 10.0 Å². The van der Waals surface area contributed by atoms with Gasteiger partial charge in [-0.25, -0.2) is 13.2 Å². The summed E-state index contributed by atoms with van der Waals surface area (Å²) >= 11 is 0. The molecular formula is C16H18N2O6S. The van der Waals surface area contributed by atoms with E-state index in [-0.39, 0.29) is 30.5 Å². The summed E-state index contributed by atoms with van der Waals surface area (Å²) in [5.74, 6) is -0.278. The van der Waals surface area contributed by atoms with Gasteiger partial charge in [0.25, 0.3) is 5.91 Å². The largest absolute Gasteiger partial charge is 0.423 e. The summed E-state index contributed by atoms with van der Waals surface area (Å²) in [5.41, 5.74) is -0.185. The van der Waals surface area contributed by atoms with Crippen molar-refractivity contribution in [3.63, 3.8) is 0 Å². The van der Waals surface area contributed by atoms with Crippen LogP contribution in [0.3, 0.4) is 0 Å². The van der Waals surface area contributed by atoms with Crippen LogP contribution in [0.25, 0.3) is 11.0 Å². The highest BCUT2D eigenvalue weighted by Gasteiger charge is 2.34. The molecule has 0 N–H and O–H groups in total. The van der Waals surface area contributed by atoms with Crippen LogP contribution in [0.15, 0.2) is 44.4 Å². The van der Waals surface area contributed by atoms with Gasteiger partial charge in [0.1, 0.15) is 11.7 Å². The lowest BCUT2D eigenvalue weighted by atomic mass is 10.2. The van der Waals surface area contributed by atoms with Crippen molar-refractivity contribution >= 4 is 26.9 Å². The SMILES string of the molecule is CN(C)C(=O)C1CN(S(=O)(=O)c2ccc3oc(=O)ccc3c2)CCO1. The first-order valence-electron chi connectivity index (χ1n) is 7.66. The Morgan fingerprint density at radius 3 is 2.72 bits per heavy atom. The number of nitrogens with zero attached hydrogens (tertiary/aromatic N) is 2. The Kier molecular flexibility index (Phi) is 4.63. The second kappa shape index (κ2) is 6.58. The Morgan fingerprint density at radius 1 is 1.24 bits per heavy atom. The predicted octanol–water partition coefficient (Wildman–Crippen LogP) is 0.271. The van der Waals surface area contributed by atoms with Gasteiger partial charge in [0.05, 0.1) is 11.5 Å². The average molecular weight is 366 g/mol. The van der Waals surface area contributed by atoms with Crippen molar-refractivity contribution in [2.24, 2.45) is 0 Å². The van der Waals surface area contributed by atoms with Gasteiger partial charge in [-0.05, 0) is 24.3 Å². The van der Waals surface area contributed by atoms with Crippen LogP contribution < -0.4 is 5.63 Å². The number of benzene rings is 1. The van der Waals surface area contributed by atoms with Crippen LogP contribution in [0, 0.1) is 0 Å². The smallest absolute Gasteiger partial charge is 0.336 e. The zero-order valence-corrected chi connectivity index (χ0v) is 14.7. The number of likely N-dealkylation sites (N-methyl/N-ethyl adjacent to an activating group) is 1. The maximum absolute atomic E-state index is 12.9. The highest BCUT2D eigenvalue weighted by atomic mass is 32.2. The molecule has 1 amide bonds. The number of amides is 1. The van der Waals surface area contributed by atoms with Gasteiger partial charge in [0.15, 0.2) is 0 Å². The first-order chi connectivity index (χ1) is 11.8. The number of fused-ring (bicyclic) bond motifs is 1. The molecule has 0 radical (unpaired) electrons. The predicted molar refractivity (Wildman–Crippen MR) is 89.7 cm³/mol. The van der Waals surface area contributed by atoms with E-state index in [4.69, 9.17) is 9.15 Å². The van der Waals surface area contributed by atoms with Gasteiger partial charge < -0.3 is 14.1 Å². The van der Waals surface area contributed by atoms with Gasteiger partial charge in [-0.1, -0.05) is 0 Å². The molecule has 0 bridgehead atoms. The monoisotopic (exact) mass is 366 g/mol. The van der Waals surface area contributed by atoms with Crippen LogP contribution >= 0.6 is 0 Å². The normalized spacial score (nSPS) is 19.0. The number of carbonyl (C=O) groups is 1. The van der Waals surface area contributed by atoms with Gasteiger partial charge in [-0.3, -0.25) is 4.79 Å². The Bertz CT molecular complexity index is 966. The van der Waals surface area contributed by atoms with Gasteiger partial charge in [-0.2, -0.15) is 4.31 Å². The summed E-state index contributed by atoms with van der Waals surface area (Å²) in [7, 11) is -0.606. The van der Waals surface area contributed by atoms with Crippen LogP contribution in [-0.4, -0.2) is 63.4 Å². The molecule has 134 valence electrons. The number of hydrogen-bond donors (Lipinski definition) is 0. The van der Waals surface area contributed by atoms with Gasteiger partial charge >= 0.3 is 5.63 Å². The number of hydrogen-bond acceptors (Lipinski definition) is 6. The quantitative estimate of drug-likeness (QED) is 0.724. The van der Waals surface area contributed by atoms with E-state index < -0.39 is 21.8 Å². The fraction of sp³-hybridized carbons (Fsp3) is 0.375. The Hall–Kier alpha value is -2.23. The van der Waals surface area contributed by atoms with Crippen molar-refractivity contribution in [1.29, 1.82) is 0 Å². The third kappa shape index (κ3) is 3.44. The number of sulfonamides is 1. The Balaban J connectivity index is 1.91. The first-order valence-corrected chi connectivity index (χ1v) is 9.10. The van der Waals surface area contributed by atoms with Crippen molar-refractivity contribution in [2.45, 2.75) is 11.0 Å². The third-order valence-corrected chi connectivity index (χ3v) is 5.84. The van der Waals surface area contributed by atoms with E-state index in [2.05, 4.69) is 0 Å². The minimum absolute atomic E-state index is 0.0404. The molecule has 0 aliphatic carbocycles. The fourth-order valence-corrected chi connectivity index (χ4v) is 4.10. The average Bonchev–Trinajstić information content (AvgIpc) is 2.60. The summed E-state index contributed by atoms with van der Waals surface area (Å²) in [6, 6.07) is 7.04. The van der Waals surface area contributed by atoms with E-state index >= 15 is 0 Å². The first kappa shape index (κ1) is 17.6. The standard InChI is InChI=1S/C16H18N2O6S/c1-17(2)16(20)14-10-18(7-8-23-14)25(21,22)12-4-5-13-11(9-12)3-6-15(19)24-13/h3-6,9,14H,7-8,10H2,1-2H3. The van der Waals surface area contributed by atoms with E-state index in [1.165, 1.54) is 39.5 Å². The molecule has 8 nitrogen and oxygen atoms in total. The number of rotatable bonds is 3. The fourth-order valence-electron chi connectivity index (χ4n) is 2.64. The molecule has 2 heterocycles. The van der Waals surface area contributed by atoms with Crippen molar-refractivity contribution in [3.8, 4) is 0 Å². The lowest BCUT2D eigenvalue weighted by molar-refractivity contribution is -0.144. The molecule has 1 aromatic carbocycles. The summed E-state index contributed by atoms with van der Waals surface area (Å²) < 4.78 is 37.4. The Labute approximate surface area is 144 Å². The molecule has 0 saturated carbocycles. The summed E-state index contributed by atoms with van der Waals surface area (Å²) in [6.07, 6.45) is -0.822. The molecule has 1 saturated heterocycles. The van der Waals surface area contributed by atoms with E-state index in [1.807, 2.05) is 0 Å². The van der Waals surface area contributed by atoms with Crippen molar-refractivity contribution in [3.05, 3.63) is 40.8 Å². The lowest BCUT2D eigenvalue weighted by Gasteiger charge is -2.32. The number of morpholine rings is 1. The third-order valence-electron chi connectivity index (χ3n) is 3.97. The molecule has 9 heteroatoms. The maximum Gasteiger partial charge on any atom is 0.336 e. The topological polar surface area (TPSA) is 97.1 Å². The zero-order valence-electron chi connectivity index (χ0n) is 13.8. The van der Waals surface area contributed by atoms with E-state index in [0.717, 1.165) is 0 Å². The van der Waals surface area contributed by atoms with E-state index in [1.54, 1.807) is 14.1 Å². The van der Waals surface area contributed by atoms with Crippen molar-refractivity contribution < 1.29 is 22.4 Å². The molecule has 1 aromatic heterocycles. The lowest BCUT2D eigenvalue weighted by Crippen LogP contribution is -2.51. The van der Waals surface area contributed by atoms with E-state index in [0.29, 0.717) is 11.0 Å². The van der Waals surface area contributed by atoms with Crippen molar-refractivity contribution in [1.82, 2.24) is 9.21 Å². The van der Waals surface area contributed by atoms with Crippen LogP contribution in [0.1, 0.15) is 0 Å². The highest BCUT2D eigenvalue weighted by molar-refractivity contribution is 7.89. The van der Waals surface area contributed by atoms with E-state index in [9.17, 15) is 18.0 Å². The minimum Gasteiger partial charge on any atom is -0.423 e. The second-order valence-electron chi connectivity index (χ2n) is 5.91. The zero-order chi connectivity index (χ0) is 18.2. The van der Waals surface area contributed by atoms with Crippen LogP contribution in [0.5, 0.6) is 0 Å². The number of carbonyl (C=O) groups excluding carboxylic acids is 1. The summed E-state index contributed by atoms with van der Waals surface area (Å²) in [4.78, 5) is 24.7. The molecule has 1 unspecified atom stereocenters. The molecule has 25 heavy (non-hydrogen) atoms. The van der Waals surface area contributed by atoms with Gasteiger partial charge in [-0.15, -0.1) is 0 Å². The van der Waals surface area contributed by atoms with Crippen molar-refractivity contribution in [2.75, 3.05) is 33.8 Å². The summed E-state index contributed by atoms with van der Waals surface area (Å²) in [5, 5.41) is 0.509. The van der Waals surface area contributed by atoms with Crippen LogP contribution in [-0.2, 0) is 19.6 Å². The second-order valence-corrected chi connectivity index (χ2v) is 7.85. The minimum atomic E-state index is -3.79. The van der Waals surface area contributed by atoms with Crippen LogP contribution in [0.2, 0.25) is 0 Å². The molecule has 1 aliphatic rings. The highest BCUT2D eigenvalue weighted by Crippen LogP contribution is 2.23. The maximum atomic E-state index is 12.9. The molecule has 3 rings (SSSR count). The Morgan fingerprint density at radius 2 is 2.00 bits per heavy atom.